The third kappa shape index (κ3) is 6.68. The summed E-state index contributed by atoms with van der Waals surface area (Å²) in [5, 5.41) is 15.8. The van der Waals surface area contributed by atoms with Crippen molar-refractivity contribution >= 4 is 38.3 Å². The Hall–Kier alpha value is -4.14. The van der Waals surface area contributed by atoms with Crippen molar-refractivity contribution in [3.63, 3.8) is 0 Å². The van der Waals surface area contributed by atoms with Crippen LogP contribution in [0.5, 0.6) is 11.5 Å². The number of piperidine rings is 1. The van der Waals surface area contributed by atoms with E-state index in [1.54, 1.807) is 17.0 Å². The first-order valence-corrected chi connectivity index (χ1v) is 18.3. The summed E-state index contributed by atoms with van der Waals surface area (Å²) in [6.45, 7) is 12.3. The van der Waals surface area contributed by atoms with Crippen molar-refractivity contribution in [1.82, 2.24) is 34.4 Å². The molecule has 0 radical (unpaired) electrons. The van der Waals surface area contributed by atoms with E-state index in [1.165, 1.54) is 29.2 Å². The van der Waals surface area contributed by atoms with Crippen molar-refractivity contribution in [3.05, 3.63) is 72.3 Å². The number of para-hydroxylation sites is 1. The van der Waals surface area contributed by atoms with Gasteiger partial charge in [-0.1, -0.05) is 0 Å². The van der Waals surface area contributed by atoms with Crippen molar-refractivity contribution in [3.8, 4) is 28.8 Å². The number of nitriles is 1. The summed E-state index contributed by atoms with van der Waals surface area (Å²) in [4.78, 5) is 29.5. The van der Waals surface area contributed by atoms with Crippen LogP contribution in [0.4, 0.5) is 4.39 Å². The van der Waals surface area contributed by atoms with E-state index in [4.69, 9.17) is 14.6 Å². The van der Waals surface area contributed by atoms with Gasteiger partial charge < -0.3 is 4.74 Å². The average Bonchev–Trinajstić information content (AvgIpc) is 3.50. The zero-order valence-electron chi connectivity index (χ0n) is 28.7. The number of rotatable bonds is 8. The van der Waals surface area contributed by atoms with Gasteiger partial charge in [0.15, 0.2) is 0 Å². The fourth-order valence-electron chi connectivity index (χ4n) is 7.31. The molecule has 3 saturated heterocycles. The molecule has 5 heterocycles. The number of piperazine rings is 1. The van der Waals surface area contributed by atoms with Gasteiger partial charge in [0.25, 0.3) is 0 Å². The molecule has 0 N–H and O–H groups in total. The molecule has 260 valence electrons. The number of carbonyl (C=O) groups excluding carboxylic acids is 1. The fraction of sp³-hybridized carbons (Fsp3) is 0.432. The van der Waals surface area contributed by atoms with Crippen LogP contribution >= 0.6 is 0 Å². The summed E-state index contributed by atoms with van der Waals surface area (Å²) >= 11 is 1.30. The van der Waals surface area contributed by atoms with Gasteiger partial charge in [0.05, 0.1) is 18.8 Å². The summed E-state index contributed by atoms with van der Waals surface area (Å²) in [5.41, 5.74) is 1.13. The van der Waals surface area contributed by atoms with Crippen LogP contribution in [0.15, 0.2) is 66.5 Å². The number of carbonyl (C=O) groups is 1. The smallest absolute Gasteiger partial charge is 0.377 e. The van der Waals surface area contributed by atoms with E-state index in [9.17, 15) is 10.1 Å². The topological polar surface area (TPSA) is 113 Å². The molecule has 3 fully saturated rings. The zero-order valence-corrected chi connectivity index (χ0v) is 31.1. The monoisotopic (exact) mass is 740 g/mol. The molecule has 2 atom stereocenters. The molecule has 13 heteroatoms. The zero-order chi connectivity index (χ0) is 35.0. The fourth-order valence-corrected chi connectivity index (χ4v) is 8.01. The number of hydrogen-bond donors (Lipinski definition) is 0. The molecule has 0 saturated carbocycles. The Balaban J connectivity index is 1.11. The van der Waals surface area contributed by atoms with Crippen molar-refractivity contribution < 1.29 is 18.7 Å². The van der Waals surface area contributed by atoms with Crippen LogP contribution in [0.1, 0.15) is 39.7 Å². The standard InChI is InChI=1S/C37H42AsFN8O3/c1-36(2,45-14-16-46(17-15-45)37(3)22-49-23-37)19-25(20-40)35(48)44-13-7-8-26(21-44)47-34-31(33(38)41-24-42-34)32(43-47)29-12-11-28(18-30(29)39)50-27-9-5-4-6-10-27/h4-6,9-12,18-19,24,26H,7-8,13-17,21-23,38H2,1-3H3/b25-19-/t26-/m1/s1. The molecule has 4 aromatic rings. The molecule has 3 aliphatic heterocycles. The minimum atomic E-state index is -0.478. The first-order valence-electron chi connectivity index (χ1n) is 17.1. The van der Waals surface area contributed by atoms with Crippen LogP contribution in [-0.2, 0) is 9.53 Å². The molecular formula is C37H42AsFN8O3. The Morgan fingerprint density at radius 3 is 2.54 bits per heavy atom. The van der Waals surface area contributed by atoms with Gasteiger partial charge in [-0.25, -0.2) is 0 Å². The molecule has 2 aromatic carbocycles. The molecule has 3 aliphatic rings. The normalized spacial score (nSPS) is 20.4. The SMILES string of the molecule is CC(C)(/C=C(/C#N)C(=O)N1CCC[C@@H](n2nc(-c3ccc(Oc4ccccc4)cc3F)c3c([AsH2])ncnc32)C1)N1CCN(C2(C)COC2)CC1. The predicted octanol–water partition coefficient (Wildman–Crippen LogP) is 3.48. The van der Waals surface area contributed by atoms with E-state index in [2.05, 4.69) is 46.6 Å². The van der Waals surface area contributed by atoms with Crippen LogP contribution in [0.2, 0.25) is 0 Å². The first kappa shape index (κ1) is 34.3. The van der Waals surface area contributed by atoms with Crippen LogP contribution in [0.3, 0.4) is 0 Å². The van der Waals surface area contributed by atoms with Gasteiger partial charge in [-0.05, 0) is 6.92 Å². The molecule has 1 amide bonds. The Bertz CT molecular complexity index is 1960. The van der Waals surface area contributed by atoms with Gasteiger partial charge in [0, 0.05) is 26.2 Å². The molecule has 7 rings (SSSR count). The number of amides is 1. The summed E-state index contributed by atoms with van der Waals surface area (Å²) < 4.78 is 29.6. The van der Waals surface area contributed by atoms with Gasteiger partial charge in [-0.2, -0.15) is 0 Å². The number of ether oxygens (including phenoxy) is 2. The van der Waals surface area contributed by atoms with E-state index in [1.807, 2.05) is 41.1 Å². The minimum Gasteiger partial charge on any atom is -0.377 e. The van der Waals surface area contributed by atoms with Crippen molar-refractivity contribution in [2.45, 2.75) is 50.7 Å². The van der Waals surface area contributed by atoms with E-state index < -0.39 is 11.4 Å². The number of aromatic nitrogens is 4. The molecular weight excluding hydrogens is 698 g/mol. The predicted molar refractivity (Wildman–Crippen MR) is 190 cm³/mol. The summed E-state index contributed by atoms with van der Waals surface area (Å²) in [7, 11) is 0. The van der Waals surface area contributed by atoms with Crippen LogP contribution < -0.4 is 9.22 Å². The quantitative estimate of drug-likeness (QED) is 0.152. The summed E-state index contributed by atoms with van der Waals surface area (Å²) in [6.07, 6.45) is 4.81. The van der Waals surface area contributed by atoms with Crippen LogP contribution in [0, 0.1) is 17.1 Å². The van der Waals surface area contributed by atoms with Gasteiger partial charge in [-0.15, -0.1) is 0 Å². The molecule has 11 nitrogen and oxygen atoms in total. The molecule has 0 aliphatic carbocycles. The van der Waals surface area contributed by atoms with E-state index >= 15 is 4.39 Å². The molecule has 2 aromatic heterocycles. The number of hydrogen-bond acceptors (Lipinski definition) is 9. The summed E-state index contributed by atoms with van der Waals surface area (Å²) in [6, 6.07) is 16.0. The number of fused-ring (bicyclic) bond motifs is 1. The maximum absolute atomic E-state index is 15.7. The second-order valence-electron chi connectivity index (χ2n) is 14.1. The van der Waals surface area contributed by atoms with Crippen LogP contribution in [-0.4, -0.2) is 121 Å². The van der Waals surface area contributed by atoms with Gasteiger partial charge in [0.2, 0.25) is 0 Å². The van der Waals surface area contributed by atoms with E-state index in [0.717, 1.165) is 56.7 Å². The third-order valence-corrected chi connectivity index (χ3v) is 11.2. The maximum atomic E-state index is 15.7. The van der Waals surface area contributed by atoms with Crippen molar-refractivity contribution in [2.24, 2.45) is 0 Å². The number of halogens is 1. The number of benzene rings is 2. The Morgan fingerprint density at radius 1 is 1.10 bits per heavy atom. The van der Waals surface area contributed by atoms with Gasteiger partial charge >= 0.3 is 240 Å². The van der Waals surface area contributed by atoms with Crippen LogP contribution in [0.25, 0.3) is 22.3 Å². The van der Waals surface area contributed by atoms with E-state index in [0.29, 0.717) is 46.9 Å². The third-order valence-electron chi connectivity index (χ3n) is 10.3. The minimum absolute atomic E-state index is 0.104. The Kier molecular flexibility index (Phi) is 9.52. The first-order chi connectivity index (χ1) is 24.1. The summed E-state index contributed by atoms with van der Waals surface area (Å²) in [5.74, 6) is 0.238. The molecule has 1 unspecified atom stereocenters. The van der Waals surface area contributed by atoms with E-state index in [-0.39, 0.29) is 23.1 Å². The number of likely N-dealkylation sites (tertiary alicyclic amines) is 1. The molecule has 0 bridgehead atoms. The van der Waals surface area contributed by atoms with Gasteiger partial charge in [0.1, 0.15) is 0 Å². The number of nitrogens with zero attached hydrogens (tertiary/aromatic N) is 8. The van der Waals surface area contributed by atoms with Crippen molar-refractivity contribution in [1.29, 1.82) is 5.26 Å². The van der Waals surface area contributed by atoms with Gasteiger partial charge in [-0.3, -0.25) is 4.90 Å². The molecule has 0 spiro atoms. The second kappa shape index (κ2) is 13.9. The Labute approximate surface area is 300 Å². The Morgan fingerprint density at radius 2 is 1.86 bits per heavy atom. The van der Waals surface area contributed by atoms with Crippen molar-refractivity contribution in [2.75, 3.05) is 52.5 Å². The second-order valence-corrected chi connectivity index (χ2v) is 15.3. The average molecular weight is 741 g/mol. The molecule has 50 heavy (non-hydrogen) atoms.